The van der Waals surface area contributed by atoms with E-state index in [9.17, 15) is 5.11 Å². The minimum absolute atomic E-state index is 0.0927. The number of benzene rings is 1. The Balaban J connectivity index is 1.54. The van der Waals surface area contributed by atoms with Crippen molar-refractivity contribution in [2.75, 3.05) is 18.8 Å². The minimum atomic E-state index is -0.222. The van der Waals surface area contributed by atoms with Gasteiger partial charge in [0.15, 0.2) is 0 Å². The zero-order chi connectivity index (χ0) is 15.4. The van der Waals surface area contributed by atoms with Crippen LogP contribution in [-0.4, -0.2) is 34.4 Å². The standard InChI is InChI=1S/C18H28N2OS/c19-11-10-18(8-3-4-9-18)17(21)14-22-20-12-7-15-5-1-2-6-16(15)13-20/h1-2,5-6,17,21H,3-4,7-14,19H2. The number of nitrogens with zero attached hydrogens (tertiary/aromatic N) is 1. The van der Waals surface area contributed by atoms with Crippen molar-refractivity contribution in [2.45, 2.75) is 51.2 Å². The number of hydrogen-bond donors (Lipinski definition) is 2. The van der Waals surface area contributed by atoms with Gasteiger partial charge in [0.25, 0.3) is 0 Å². The molecule has 1 unspecified atom stereocenters. The lowest BCUT2D eigenvalue weighted by Gasteiger charge is -2.35. The van der Waals surface area contributed by atoms with E-state index in [0.717, 1.165) is 44.5 Å². The molecule has 1 aromatic carbocycles. The Morgan fingerprint density at radius 3 is 2.68 bits per heavy atom. The molecule has 22 heavy (non-hydrogen) atoms. The van der Waals surface area contributed by atoms with Crippen LogP contribution in [0.3, 0.4) is 0 Å². The van der Waals surface area contributed by atoms with Crippen LogP contribution < -0.4 is 5.73 Å². The van der Waals surface area contributed by atoms with Crippen molar-refractivity contribution in [3.05, 3.63) is 35.4 Å². The number of aliphatic hydroxyl groups is 1. The smallest absolute Gasteiger partial charge is 0.0699 e. The molecule has 0 spiro atoms. The molecule has 0 aromatic heterocycles. The monoisotopic (exact) mass is 320 g/mol. The zero-order valence-electron chi connectivity index (χ0n) is 13.3. The van der Waals surface area contributed by atoms with Crippen molar-refractivity contribution >= 4 is 11.9 Å². The quantitative estimate of drug-likeness (QED) is 0.791. The van der Waals surface area contributed by atoms with Gasteiger partial charge in [0.2, 0.25) is 0 Å². The Hall–Kier alpha value is -0.550. The van der Waals surface area contributed by atoms with Crippen LogP contribution in [0.4, 0.5) is 0 Å². The fraction of sp³-hybridized carbons (Fsp3) is 0.667. The van der Waals surface area contributed by atoms with Gasteiger partial charge in [-0.2, -0.15) is 0 Å². The average molecular weight is 321 g/mol. The Kier molecular flexibility index (Phi) is 5.45. The lowest BCUT2D eigenvalue weighted by molar-refractivity contribution is 0.0414. The van der Waals surface area contributed by atoms with Crippen molar-refractivity contribution in [3.8, 4) is 0 Å². The van der Waals surface area contributed by atoms with Crippen molar-refractivity contribution in [2.24, 2.45) is 11.1 Å². The summed E-state index contributed by atoms with van der Waals surface area (Å²) in [5.74, 6) is 0.808. The van der Waals surface area contributed by atoms with Crippen LogP contribution in [0.5, 0.6) is 0 Å². The van der Waals surface area contributed by atoms with E-state index in [0.29, 0.717) is 6.54 Å². The third kappa shape index (κ3) is 3.51. The van der Waals surface area contributed by atoms with E-state index >= 15 is 0 Å². The summed E-state index contributed by atoms with van der Waals surface area (Å²) in [6, 6.07) is 8.71. The van der Waals surface area contributed by atoms with E-state index < -0.39 is 0 Å². The van der Waals surface area contributed by atoms with Gasteiger partial charge in [0, 0.05) is 18.8 Å². The van der Waals surface area contributed by atoms with Crippen LogP contribution in [0.2, 0.25) is 0 Å². The molecule has 1 aliphatic carbocycles. The molecule has 3 rings (SSSR count). The summed E-state index contributed by atoms with van der Waals surface area (Å²) >= 11 is 1.82. The summed E-state index contributed by atoms with van der Waals surface area (Å²) in [4.78, 5) is 0. The molecular weight excluding hydrogens is 292 g/mol. The molecule has 0 bridgehead atoms. The van der Waals surface area contributed by atoms with Gasteiger partial charge in [-0.1, -0.05) is 49.1 Å². The number of fused-ring (bicyclic) bond motifs is 1. The van der Waals surface area contributed by atoms with E-state index in [1.165, 1.54) is 24.0 Å². The highest BCUT2D eigenvalue weighted by molar-refractivity contribution is 7.97. The fourth-order valence-corrected chi connectivity index (χ4v) is 5.21. The minimum Gasteiger partial charge on any atom is -0.392 e. The lowest BCUT2D eigenvalue weighted by Crippen LogP contribution is -2.38. The molecule has 3 nitrogen and oxygen atoms in total. The molecule has 0 saturated heterocycles. The Morgan fingerprint density at radius 1 is 1.23 bits per heavy atom. The first-order chi connectivity index (χ1) is 10.7. The van der Waals surface area contributed by atoms with Gasteiger partial charge in [-0.05, 0) is 48.8 Å². The maximum absolute atomic E-state index is 10.8. The first-order valence-electron chi connectivity index (χ1n) is 8.56. The summed E-state index contributed by atoms with van der Waals surface area (Å²) in [5.41, 5.74) is 8.81. The van der Waals surface area contributed by atoms with E-state index in [1.807, 2.05) is 11.9 Å². The van der Waals surface area contributed by atoms with Crippen LogP contribution in [-0.2, 0) is 13.0 Å². The molecule has 1 aliphatic heterocycles. The molecule has 2 aliphatic rings. The largest absolute Gasteiger partial charge is 0.392 e. The summed E-state index contributed by atoms with van der Waals surface area (Å²) in [6.45, 7) is 2.77. The number of hydrogen-bond acceptors (Lipinski definition) is 4. The van der Waals surface area contributed by atoms with Gasteiger partial charge in [-0.3, -0.25) is 0 Å². The van der Waals surface area contributed by atoms with E-state index in [-0.39, 0.29) is 11.5 Å². The molecule has 3 N–H and O–H groups in total. The maximum Gasteiger partial charge on any atom is 0.0699 e. The van der Waals surface area contributed by atoms with Crippen molar-refractivity contribution in [1.29, 1.82) is 0 Å². The summed E-state index contributed by atoms with van der Waals surface area (Å²) in [6.07, 6.45) is 6.66. The average Bonchev–Trinajstić information content (AvgIpc) is 3.02. The molecule has 1 fully saturated rings. The molecular formula is C18H28N2OS. The van der Waals surface area contributed by atoms with Gasteiger partial charge >= 0.3 is 0 Å². The van der Waals surface area contributed by atoms with Gasteiger partial charge in [-0.25, -0.2) is 4.31 Å². The molecule has 1 aromatic rings. The van der Waals surface area contributed by atoms with E-state index in [4.69, 9.17) is 5.73 Å². The van der Waals surface area contributed by atoms with Crippen LogP contribution in [0.1, 0.15) is 43.2 Å². The van der Waals surface area contributed by atoms with Crippen molar-refractivity contribution < 1.29 is 5.11 Å². The Morgan fingerprint density at radius 2 is 1.95 bits per heavy atom. The van der Waals surface area contributed by atoms with Gasteiger partial charge < -0.3 is 10.8 Å². The highest BCUT2D eigenvalue weighted by Crippen LogP contribution is 2.44. The second kappa shape index (κ2) is 7.35. The van der Waals surface area contributed by atoms with Crippen LogP contribution in [0, 0.1) is 5.41 Å². The molecule has 4 heteroatoms. The van der Waals surface area contributed by atoms with Crippen molar-refractivity contribution in [3.63, 3.8) is 0 Å². The molecule has 0 amide bonds. The molecule has 122 valence electrons. The summed E-state index contributed by atoms with van der Waals surface area (Å²) in [7, 11) is 0. The van der Waals surface area contributed by atoms with Gasteiger partial charge in [0.1, 0.15) is 0 Å². The SMILES string of the molecule is NCCC1(C(O)CSN2CCc3ccccc3C2)CCCC1. The predicted molar refractivity (Wildman–Crippen MR) is 93.6 cm³/mol. The van der Waals surface area contributed by atoms with Crippen molar-refractivity contribution in [1.82, 2.24) is 4.31 Å². The molecule has 1 saturated carbocycles. The lowest BCUT2D eigenvalue weighted by atomic mass is 9.78. The number of aliphatic hydroxyl groups excluding tert-OH is 1. The second-order valence-corrected chi connectivity index (χ2v) is 7.91. The highest BCUT2D eigenvalue weighted by Gasteiger charge is 2.39. The predicted octanol–water partition coefficient (Wildman–Crippen LogP) is 2.96. The molecule has 0 radical (unpaired) electrons. The first kappa shape index (κ1) is 16.3. The highest BCUT2D eigenvalue weighted by atomic mass is 32.2. The summed E-state index contributed by atoms with van der Waals surface area (Å²) in [5, 5.41) is 10.8. The molecule has 1 heterocycles. The third-order valence-electron chi connectivity index (χ3n) is 5.46. The number of nitrogens with two attached hydrogens (primary N) is 1. The van der Waals surface area contributed by atoms with E-state index in [1.54, 1.807) is 0 Å². The van der Waals surface area contributed by atoms with Crippen LogP contribution in [0.15, 0.2) is 24.3 Å². The first-order valence-corrected chi connectivity index (χ1v) is 9.50. The van der Waals surface area contributed by atoms with E-state index in [2.05, 4.69) is 28.6 Å². The van der Waals surface area contributed by atoms with Gasteiger partial charge in [-0.15, -0.1) is 0 Å². The number of rotatable bonds is 6. The Labute approximate surface area is 138 Å². The Bertz CT molecular complexity index is 488. The maximum atomic E-state index is 10.8. The normalized spacial score (nSPS) is 22.5. The summed E-state index contributed by atoms with van der Waals surface area (Å²) < 4.78 is 2.41. The molecule has 1 atom stereocenters. The fourth-order valence-electron chi connectivity index (χ4n) is 4.05. The van der Waals surface area contributed by atoms with Gasteiger partial charge in [0.05, 0.1) is 6.10 Å². The third-order valence-corrected chi connectivity index (χ3v) is 6.60. The topological polar surface area (TPSA) is 49.5 Å². The van der Waals surface area contributed by atoms with Crippen LogP contribution >= 0.6 is 11.9 Å². The zero-order valence-corrected chi connectivity index (χ0v) is 14.2. The van der Waals surface area contributed by atoms with Crippen LogP contribution in [0.25, 0.3) is 0 Å². The second-order valence-electron chi connectivity index (χ2n) is 6.80.